The monoisotopic (exact) mass is 586 g/mol. The topological polar surface area (TPSA) is 165 Å². The van der Waals surface area contributed by atoms with Crippen LogP contribution in [0.3, 0.4) is 0 Å². The van der Waals surface area contributed by atoms with Gasteiger partial charge in [0.05, 0.1) is 11.6 Å². The number of H-pyrrole nitrogens is 2. The minimum absolute atomic E-state index is 0.0721. The number of carbonyl (C=O) groups is 4. The molecule has 0 spiro atoms. The Labute approximate surface area is 249 Å². The molecule has 226 valence electrons. The maximum atomic E-state index is 12.3. The van der Waals surface area contributed by atoms with Crippen molar-refractivity contribution in [2.75, 3.05) is 0 Å². The van der Waals surface area contributed by atoms with Crippen LogP contribution in [-0.2, 0) is 32.0 Å². The van der Waals surface area contributed by atoms with E-state index in [0.29, 0.717) is 39.8 Å². The largest absolute Gasteiger partial charge is 0.481 e. The zero-order valence-corrected chi connectivity index (χ0v) is 25.4. The third-order valence-electron chi connectivity index (χ3n) is 8.35. The Morgan fingerprint density at radius 1 is 0.884 bits per heavy atom. The second-order valence-corrected chi connectivity index (χ2v) is 11.0. The van der Waals surface area contributed by atoms with Crippen LogP contribution >= 0.6 is 0 Å². The van der Waals surface area contributed by atoms with E-state index < -0.39 is 11.9 Å². The molecule has 1 unspecified atom stereocenters. The Morgan fingerprint density at radius 2 is 1.53 bits per heavy atom. The predicted octanol–water partition coefficient (Wildman–Crippen LogP) is 3.36. The predicted molar refractivity (Wildman–Crippen MR) is 165 cm³/mol. The van der Waals surface area contributed by atoms with Crippen molar-refractivity contribution in [2.24, 2.45) is 10.9 Å². The smallest absolute Gasteiger partial charge is 0.303 e. The summed E-state index contributed by atoms with van der Waals surface area (Å²) in [6, 6.07) is 0. The molecule has 4 rings (SSSR count). The lowest BCUT2D eigenvalue weighted by Gasteiger charge is -2.03. The van der Waals surface area contributed by atoms with E-state index >= 15 is 0 Å². The lowest BCUT2D eigenvalue weighted by Crippen LogP contribution is -2.16. The standard InChI is InChI=1S/C33H38N4O6/c1-7-20-19(6)32(42)37-27(20)14-25-18(5)23(10-12-31(40)41)29(35-25)15-28-22(9-11-30(38)39)17(4)24(34-28)13-26-16(3)21(8-2)33(43)36-26/h7,13-15,19,34-35H,8-12H2,1-6H3,(H,37,42)(H,38,39)(H,40,41)/b20-7+,24-13-,27-14+,28-15+. The Kier molecular flexibility index (Phi) is 9.18. The quantitative estimate of drug-likeness (QED) is 0.286. The van der Waals surface area contributed by atoms with Gasteiger partial charge in [0, 0.05) is 46.2 Å². The van der Waals surface area contributed by atoms with Crippen LogP contribution in [0.5, 0.6) is 0 Å². The van der Waals surface area contributed by atoms with Crippen molar-refractivity contribution < 1.29 is 29.4 Å². The van der Waals surface area contributed by atoms with Crippen molar-refractivity contribution in [3.8, 4) is 0 Å². The number of nitrogens with zero attached hydrogens (tertiary/aromatic N) is 1. The van der Waals surface area contributed by atoms with Gasteiger partial charge in [-0.05, 0) is 106 Å². The fourth-order valence-corrected chi connectivity index (χ4v) is 5.77. The molecule has 10 heteroatoms. The van der Waals surface area contributed by atoms with E-state index in [1.54, 1.807) is 0 Å². The number of aliphatic imine (C=N–C) groups is 1. The number of allylic oxidation sites excluding steroid dienone is 3. The number of amides is 2. The molecule has 0 aromatic carbocycles. The first-order valence-corrected chi connectivity index (χ1v) is 14.4. The van der Waals surface area contributed by atoms with Gasteiger partial charge < -0.3 is 25.5 Å². The van der Waals surface area contributed by atoms with Crippen LogP contribution in [0.25, 0.3) is 18.2 Å². The minimum atomic E-state index is -0.923. The van der Waals surface area contributed by atoms with Crippen molar-refractivity contribution in [3.63, 3.8) is 0 Å². The molecule has 0 aliphatic carbocycles. The average Bonchev–Trinajstić information content (AvgIpc) is 3.59. The highest BCUT2D eigenvalue weighted by Gasteiger charge is 2.29. The van der Waals surface area contributed by atoms with Crippen LogP contribution in [0.1, 0.15) is 80.6 Å². The molecule has 1 fully saturated rings. The number of carbonyl (C=O) groups excluding carboxylic acids is 2. The number of hydrogen-bond donors (Lipinski definition) is 5. The summed E-state index contributed by atoms with van der Waals surface area (Å²) in [5.41, 5.74) is 8.40. The maximum Gasteiger partial charge on any atom is 0.303 e. The fourth-order valence-electron chi connectivity index (χ4n) is 5.77. The number of hydrogen-bond acceptors (Lipinski definition) is 4. The van der Waals surface area contributed by atoms with Crippen LogP contribution in [-0.4, -0.2) is 49.6 Å². The molecule has 1 atom stereocenters. The van der Waals surface area contributed by atoms with Gasteiger partial charge in [0.1, 0.15) is 0 Å². The van der Waals surface area contributed by atoms with Gasteiger partial charge in [-0.15, -0.1) is 0 Å². The van der Waals surface area contributed by atoms with E-state index in [9.17, 15) is 29.4 Å². The highest BCUT2D eigenvalue weighted by molar-refractivity contribution is 6.30. The van der Waals surface area contributed by atoms with Crippen LogP contribution in [0.15, 0.2) is 33.5 Å². The van der Waals surface area contributed by atoms with E-state index in [1.807, 2.05) is 65.8 Å². The summed E-state index contributed by atoms with van der Waals surface area (Å²) < 4.78 is 0. The Balaban J connectivity index is 1.91. The highest BCUT2D eigenvalue weighted by atomic mass is 16.4. The summed E-state index contributed by atoms with van der Waals surface area (Å²) in [7, 11) is 0. The van der Waals surface area contributed by atoms with Gasteiger partial charge in [0.25, 0.3) is 5.91 Å². The zero-order chi connectivity index (χ0) is 31.6. The van der Waals surface area contributed by atoms with E-state index in [2.05, 4.69) is 20.3 Å². The normalized spacial score (nSPS) is 19.8. The molecule has 1 saturated heterocycles. The first kappa shape index (κ1) is 31.2. The molecule has 0 radical (unpaired) electrons. The molecular formula is C33H38N4O6. The van der Waals surface area contributed by atoms with E-state index in [1.165, 1.54) is 0 Å². The third kappa shape index (κ3) is 6.38. The molecule has 43 heavy (non-hydrogen) atoms. The molecule has 2 aliphatic rings. The molecule has 2 aliphatic heterocycles. The van der Waals surface area contributed by atoms with Crippen molar-refractivity contribution >= 4 is 47.7 Å². The number of rotatable bonds is 10. The number of carboxylic acid groups (broad SMARTS) is 2. The van der Waals surface area contributed by atoms with Gasteiger partial charge in [-0.3, -0.25) is 19.2 Å². The number of carboxylic acids is 2. The van der Waals surface area contributed by atoms with E-state index in [4.69, 9.17) is 0 Å². The maximum absolute atomic E-state index is 12.3. The molecule has 5 N–H and O–H groups in total. The molecule has 2 aromatic rings. The molecule has 4 heterocycles. The molecule has 2 aromatic heterocycles. The van der Waals surface area contributed by atoms with Gasteiger partial charge in [-0.2, -0.15) is 0 Å². The summed E-state index contributed by atoms with van der Waals surface area (Å²) in [6.45, 7) is 11.3. The van der Waals surface area contributed by atoms with Gasteiger partial charge >= 0.3 is 11.9 Å². The minimum Gasteiger partial charge on any atom is -0.481 e. The van der Waals surface area contributed by atoms with Crippen LogP contribution in [0.2, 0.25) is 0 Å². The molecule has 10 nitrogen and oxygen atoms in total. The first-order valence-electron chi connectivity index (χ1n) is 14.4. The van der Waals surface area contributed by atoms with E-state index in [-0.39, 0.29) is 43.4 Å². The van der Waals surface area contributed by atoms with Gasteiger partial charge in [0.15, 0.2) is 0 Å². The highest BCUT2D eigenvalue weighted by Crippen LogP contribution is 2.29. The summed E-state index contributed by atoms with van der Waals surface area (Å²) >= 11 is 0. The van der Waals surface area contributed by atoms with Crippen molar-refractivity contribution in [2.45, 2.75) is 73.6 Å². The molecule has 0 saturated carbocycles. The van der Waals surface area contributed by atoms with Gasteiger partial charge in [-0.25, -0.2) is 4.99 Å². The van der Waals surface area contributed by atoms with Crippen molar-refractivity contribution in [3.05, 3.63) is 72.8 Å². The summed E-state index contributed by atoms with van der Waals surface area (Å²) in [6.07, 6.45) is 8.45. The van der Waals surface area contributed by atoms with Gasteiger partial charge in [0.2, 0.25) is 5.91 Å². The second kappa shape index (κ2) is 12.6. The van der Waals surface area contributed by atoms with Crippen molar-refractivity contribution in [1.29, 1.82) is 0 Å². The van der Waals surface area contributed by atoms with E-state index in [0.717, 1.165) is 39.1 Å². The zero-order valence-electron chi connectivity index (χ0n) is 25.4. The Hall–Kier alpha value is -4.73. The van der Waals surface area contributed by atoms with Crippen LogP contribution in [0, 0.1) is 19.8 Å². The third-order valence-corrected chi connectivity index (χ3v) is 8.35. The van der Waals surface area contributed by atoms with Gasteiger partial charge in [-0.1, -0.05) is 13.0 Å². The summed E-state index contributed by atoms with van der Waals surface area (Å²) in [5, 5.41) is 23.2. The Morgan fingerprint density at radius 3 is 2.12 bits per heavy atom. The van der Waals surface area contributed by atoms with Crippen molar-refractivity contribution in [1.82, 2.24) is 15.3 Å². The summed E-state index contributed by atoms with van der Waals surface area (Å²) in [5.74, 6) is -2.44. The lowest BCUT2D eigenvalue weighted by atomic mass is 10.00. The number of aromatic nitrogens is 2. The van der Waals surface area contributed by atoms with Crippen LogP contribution < -0.4 is 16.0 Å². The second-order valence-electron chi connectivity index (χ2n) is 11.0. The molecule has 0 bridgehead atoms. The number of aliphatic carboxylic acids is 2. The molecule has 2 amide bonds. The summed E-state index contributed by atoms with van der Waals surface area (Å²) in [4.78, 5) is 58.8. The fraction of sp³-hybridized carbons (Fsp3) is 0.364. The average molecular weight is 587 g/mol. The SMILES string of the molecule is C/C=C1/C(=C\c2[nH]c(/C=c3/[nH]/c(=C\C4=NC(=O)C(CC)=C4C)c(C)c3CCC(=O)O)c(CCC(=O)O)c2C)NC(=O)C1C. The number of nitrogens with one attached hydrogen (secondary N) is 3. The molecular weight excluding hydrogens is 548 g/mol. The van der Waals surface area contributed by atoms with Crippen LogP contribution in [0.4, 0.5) is 0 Å². The Bertz CT molecular complexity index is 1780. The number of aromatic amines is 2. The first-order chi connectivity index (χ1) is 20.4. The lowest BCUT2D eigenvalue weighted by molar-refractivity contribution is -0.138.